The van der Waals surface area contributed by atoms with Crippen LogP contribution >= 0.6 is 0 Å². The van der Waals surface area contributed by atoms with Gasteiger partial charge >= 0.3 is 0 Å². The summed E-state index contributed by atoms with van der Waals surface area (Å²) in [7, 11) is 0. The largest absolute Gasteiger partial charge is 0.390 e. The van der Waals surface area contributed by atoms with Gasteiger partial charge in [0.25, 0.3) is 5.69 Å². The van der Waals surface area contributed by atoms with E-state index < -0.39 is 11.0 Å². The average molecular weight is 279 g/mol. The number of aliphatic hydroxyl groups is 1. The highest BCUT2D eigenvalue weighted by Gasteiger charge is 2.15. The highest BCUT2D eigenvalue weighted by Crippen LogP contribution is 2.12. The van der Waals surface area contributed by atoms with Crippen molar-refractivity contribution in [3.63, 3.8) is 0 Å². The number of nitrogens with one attached hydrogen (secondary N) is 1. The Bertz CT molecular complexity index is 447. The smallest absolute Gasteiger partial charge is 0.269 e. The van der Waals surface area contributed by atoms with Gasteiger partial charge in [0.1, 0.15) is 0 Å². The predicted octanol–water partition coefficient (Wildman–Crippen LogP) is 1.14. The van der Waals surface area contributed by atoms with Crippen LogP contribution in [-0.2, 0) is 6.54 Å². The second-order valence-corrected chi connectivity index (χ2v) is 5.22. The van der Waals surface area contributed by atoms with Crippen LogP contribution in [0.5, 0.6) is 0 Å². The number of nitrogens with zero attached hydrogens (tertiary/aromatic N) is 2. The lowest BCUT2D eigenvalue weighted by atomic mass is 10.2. The number of non-ortho nitro benzene ring substituents is 1. The summed E-state index contributed by atoms with van der Waals surface area (Å²) in [6.07, 6.45) is 2.04. The molecule has 110 valence electrons. The Morgan fingerprint density at radius 3 is 2.85 bits per heavy atom. The Hall–Kier alpha value is -1.50. The highest BCUT2D eigenvalue weighted by molar-refractivity contribution is 5.34. The molecule has 0 aliphatic carbocycles. The van der Waals surface area contributed by atoms with Gasteiger partial charge in [-0.1, -0.05) is 12.1 Å². The van der Waals surface area contributed by atoms with Gasteiger partial charge in [-0.2, -0.15) is 0 Å². The van der Waals surface area contributed by atoms with Gasteiger partial charge in [0.15, 0.2) is 0 Å². The molecular formula is C14H21N3O3. The van der Waals surface area contributed by atoms with Crippen molar-refractivity contribution in [2.45, 2.75) is 25.5 Å². The summed E-state index contributed by atoms with van der Waals surface area (Å²) in [4.78, 5) is 12.5. The molecule has 2 N–H and O–H groups in total. The Labute approximate surface area is 118 Å². The maximum absolute atomic E-state index is 10.7. The molecule has 6 heteroatoms. The van der Waals surface area contributed by atoms with Crippen molar-refractivity contribution in [2.24, 2.45) is 0 Å². The first kappa shape index (κ1) is 14.9. The summed E-state index contributed by atoms with van der Waals surface area (Å²) in [6.45, 7) is 3.86. The maximum Gasteiger partial charge on any atom is 0.269 e. The molecule has 2 rings (SSSR count). The molecule has 1 saturated heterocycles. The molecule has 1 unspecified atom stereocenters. The molecule has 1 aromatic carbocycles. The topological polar surface area (TPSA) is 78.6 Å². The third kappa shape index (κ3) is 4.56. The van der Waals surface area contributed by atoms with Crippen molar-refractivity contribution in [3.05, 3.63) is 39.9 Å². The zero-order valence-corrected chi connectivity index (χ0v) is 11.5. The summed E-state index contributed by atoms with van der Waals surface area (Å²) in [5, 5.41) is 23.7. The van der Waals surface area contributed by atoms with Gasteiger partial charge in [0.05, 0.1) is 11.0 Å². The maximum atomic E-state index is 10.7. The van der Waals surface area contributed by atoms with Crippen LogP contribution in [0.15, 0.2) is 24.3 Å². The molecule has 1 aliphatic heterocycles. The number of benzene rings is 1. The van der Waals surface area contributed by atoms with E-state index in [1.54, 1.807) is 12.1 Å². The second-order valence-electron chi connectivity index (χ2n) is 5.22. The van der Waals surface area contributed by atoms with Crippen LogP contribution in [0.3, 0.4) is 0 Å². The minimum atomic E-state index is -0.397. The Balaban J connectivity index is 1.72. The van der Waals surface area contributed by atoms with Crippen molar-refractivity contribution in [3.8, 4) is 0 Å². The molecule has 1 fully saturated rings. The van der Waals surface area contributed by atoms with Crippen LogP contribution in [0.1, 0.15) is 18.4 Å². The first-order chi connectivity index (χ1) is 9.65. The van der Waals surface area contributed by atoms with E-state index in [1.165, 1.54) is 18.9 Å². The van der Waals surface area contributed by atoms with Gasteiger partial charge in [-0.05, 0) is 31.5 Å². The van der Waals surface area contributed by atoms with Crippen LogP contribution in [0, 0.1) is 10.1 Å². The van der Waals surface area contributed by atoms with Gasteiger partial charge in [-0.15, -0.1) is 0 Å². The lowest BCUT2D eigenvalue weighted by Gasteiger charge is -2.19. The molecule has 20 heavy (non-hydrogen) atoms. The van der Waals surface area contributed by atoms with Crippen molar-refractivity contribution < 1.29 is 10.0 Å². The van der Waals surface area contributed by atoms with Crippen LogP contribution in [0.4, 0.5) is 5.69 Å². The van der Waals surface area contributed by atoms with Gasteiger partial charge < -0.3 is 15.3 Å². The average Bonchev–Trinajstić information content (AvgIpc) is 2.92. The van der Waals surface area contributed by atoms with Crippen LogP contribution < -0.4 is 5.32 Å². The first-order valence-electron chi connectivity index (χ1n) is 6.99. The lowest BCUT2D eigenvalue weighted by molar-refractivity contribution is -0.384. The van der Waals surface area contributed by atoms with E-state index in [4.69, 9.17) is 0 Å². The van der Waals surface area contributed by atoms with Gasteiger partial charge in [-0.25, -0.2) is 0 Å². The van der Waals surface area contributed by atoms with Crippen molar-refractivity contribution >= 4 is 5.69 Å². The van der Waals surface area contributed by atoms with Crippen LogP contribution in [0.25, 0.3) is 0 Å². The van der Waals surface area contributed by atoms with E-state index >= 15 is 0 Å². The number of likely N-dealkylation sites (tertiary alicyclic amines) is 1. The minimum Gasteiger partial charge on any atom is -0.390 e. The van der Waals surface area contributed by atoms with E-state index in [0.29, 0.717) is 19.6 Å². The number of nitro benzene ring substituents is 1. The molecule has 1 atom stereocenters. The van der Waals surface area contributed by atoms with Gasteiger partial charge in [0.2, 0.25) is 0 Å². The number of rotatable bonds is 7. The molecule has 1 heterocycles. The summed E-state index contributed by atoms with van der Waals surface area (Å²) in [6, 6.07) is 6.55. The summed E-state index contributed by atoms with van der Waals surface area (Å²) >= 11 is 0. The number of hydrogen-bond donors (Lipinski definition) is 2. The number of β-amino-alcohol motifs (C(OH)–C–C–N with tert-alkyl or cyclic N) is 1. The van der Waals surface area contributed by atoms with Gasteiger partial charge in [-0.3, -0.25) is 10.1 Å². The van der Waals surface area contributed by atoms with Crippen molar-refractivity contribution in [1.29, 1.82) is 0 Å². The zero-order chi connectivity index (χ0) is 14.4. The van der Waals surface area contributed by atoms with Crippen molar-refractivity contribution in [1.82, 2.24) is 10.2 Å². The first-order valence-corrected chi connectivity index (χ1v) is 6.99. The summed E-state index contributed by atoms with van der Waals surface area (Å²) in [5.41, 5.74) is 0.953. The molecule has 1 aliphatic rings. The highest BCUT2D eigenvalue weighted by atomic mass is 16.6. The fraction of sp³-hybridized carbons (Fsp3) is 0.571. The molecule has 1 aromatic rings. The van der Waals surface area contributed by atoms with Crippen LogP contribution in [0.2, 0.25) is 0 Å². The summed E-state index contributed by atoms with van der Waals surface area (Å²) < 4.78 is 0. The van der Waals surface area contributed by atoms with Gasteiger partial charge in [0, 0.05) is 31.8 Å². The van der Waals surface area contributed by atoms with E-state index in [-0.39, 0.29) is 5.69 Å². The third-order valence-electron chi connectivity index (χ3n) is 3.50. The monoisotopic (exact) mass is 279 g/mol. The van der Waals surface area contributed by atoms with E-state index in [2.05, 4.69) is 10.2 Å². The molecule has 0 amide bonds. The Morgan fingerprint density at radius 2 is 2.15 bits per heavy atom. The van der Waals surface area contributed by atoms with Crippen molar-refractivity contribution in [2.75, 3.05) is 26.2 Å². The van der Waals surface area contributed by atoms with E-state index in [9.17, 15) is 15.2 Å². The lowest BCUT2D eigenvalue weighted by Crippen LogP contribution is -2.36. The fourth-order valence-corrected chi connectivity index (χ4v) is 2.49. The SMILES string of the molecule is O=[N+]([O-])c1cccc(CNCC(O)CN2CCCC2)c1. The van der Waals surface area contributed by atoms with E-state index in [0.717, 1.165) is 18.7 Å². The number of hydrogen-bond acceptors (Lipinski definition) is 5. The standard InChI is InChI=1S/C14H21N3O3/c18-14(11-16-6-1-2-7-16)10-15-9-12-4-3-5-13(8-12)17(19)20/h3-5,8,14-15,18H,1-2,6-7,9-11H2. The van der Waals surface area contributed by atoms with E-state index in [1.807, 2.05) is 6.07 Å². The van der Waals surface area contributed by atoms with Crippen LogP contribution in [-0.4, -0.2) is 47.2 Å². The normalized spacial score (nSPS) is 17.2. The quantitative estimate of drug-likeness (QED) is 0.578. The zero-order valence-electron chi connectivity index (χ0n) is 11.5. The molecular weight excluding hydrogens is 258 g/mol. The number of nitro groups is 1. The molecule has 0 saturated carbocycles. The molecule has 0 aromatic heterocycles. The molecule has 0 bridgehead atoms. The number of aliphatic hydroxyl groups excluding tert-OH is 1. The molecule has 0 spiro atoms. The summed E-state index contributed by atoms with van der Waals surface area (Å²) in [5.74, 6) is 0. The molecule has 0 radical (unpaired) electrons. The second kappa shape index (κ2) is 7.33. The molecule has 6 nitrogen and oxygen atoms in total. The Kier molecular flexibility index (Phi) is 5.46. The third-order valence-corrected chi connectivity index (χ3v) is 3.50. The predicted molar refractivity (Wildman–Crippen MR) is 76.5 cm³/mol. The minimum absolute atomic E-state index is 0.0990. The Morgan fingerprint density at radius 1 is 1.40 bits per heavy atom. The fourth-order valence-electron chi connectivity index (χ4n) is 2.49.